The van der Waals surface area contributed by atoms with Gasteiger partial charge in [-0.25, -0.2) is 0 Å². The molecule has 168 valence electrons. The molecular formula is C20H27N5O6. The lowest BCUT2D eigenvalue weighted by atomic mass is 10.0. The van der Waals surface area contributed by atoms with Crippen LogP contribution in [-0.4, -0.2) is 69.7 Å². The number of carbonyl (C=O) groups is 4. The van der Waals surface area contributed by atoms with E-state index in [4.69, 9.17) is 10.8 Å². The maximum Gasteiger partial charge on any atom is 0.322 e. The third kappa shape index (κ3) is 6.52. The molecule has 0 aliphatic rings. The van der Waals surface area contributed by atoms with Crippen LogP contribution < -0.4 is 21.7 Å². The van der Waals surface area contributed by atoms with Crippen molar-refractivity contribution in [3.05, 3.63) is 36.0 Å². The van der Waals surface area contributed by atoms with Gasteiger partial charge in [0.25, 0.3) is 0 Å². The number of aromatic nitrogens is 1. The fourth-order valence-electron chi connectivity index (χ4n) is 2.96. The predicted octanol–water partition coefficient (Wildman–Crippen LogP) is -1.39. The lowest BCUT2D eigenvalue weighted by molar-refractivity contribution is -0.139. The highest BCUT2D eigenvalue weighted by Crippen LogP contribution is 2.19. The zero-order valence-electron chi connectivity index (χ0n) is 17.2. The second-order valence-corrected chi connectivity index (χ2v) is 7.25. The molecule has 3 amide bonds. The number of aliphatic hydroxyl groups excluding tert-OH is 1. The van der Waals surface area contributed by atoms with E-state index in [0.717, 1.165) is 16.5 Å². The molecular weight excluding hydrogens is 406 g/mol. The number of amides is 3. The number of aliphatic hydroxyl groups is 1. The Morgan fingerprint density at radius 1 is 1.06 bits per heavy atom. The van der Waals surface area contributed by atoms with Gasteiger partial charge >= 0.3 is 5.97 Å². The first-order valence-corrected chi connectivity index (χ1v) is 9.69. The van der Waals surface area contributed by atoms with Gasteiger partial charge < -0.3 is 36.9 Å². The standard InChI is InChI=1S/C20H27N5O6/c1-10(21)18(29)24-15(7-12-8-22-14-6-4-3-5-13(12)14)19(30)25-17(11(2)26)20(31)23-9-16(27)28/h3-6,8,10-11,15,17,22,26H,7,9,21H2,1-2H3,(H,23,31)(H,24,29)(H,25,30)(H,27,28). The van der Waals surface area contributed by atoms with Gasteiger partial charge in [0.1, 0.15) is 18.6 Å². The van der Waals surface area contributed by atoms with Gasteiger partial charge in [0.05, 0.1) is 12.1 Å². The molecule has 0 saturated heterocycles. The second-order valence-electron chi connectivity index (χ2n) is 7.25. The third-order valence-corrected chi connectivity index (χ3v) is 4.62. The van der Waals surface area contributed by atoms with E-state index in [1.807, 2.05) is 24.3 Å². The molecule has 2 rings (SSSR count). The van der Waals surface area contributed by atoms with Gasteiger partial charge in [-0.05, 0) is 25.5 Å². The van der Waals surface area contributed by atoms with Crippen molar-refractivity contribution in [2.24, 2.45) is 5.73 Å². The lowest BCUT2D eigenvalue weighted by Crippen LogP contribution is -2.59. The van der Waals surface area contributed by atoms with Gasteiger partial charge in [-0.3, -0.25) is 19.2 Å². The Balaban J connectivity index is 2.23. The molecule has 11 nitrogen and oxygen atoms in total. The van der Waals surface area contributed by atoms with Gasteiger partial charge in [-0.15, -0.1) is 0 Å². The van der Waals surface area contributed by atoms with Crippen molar-refractivity contribution >= 4 is 34.6 Å². The van der Waals surface area contributed by atoms with Crippen LogP contribution in [0.4, 0.5) is 0 Å². The van der Waals surface area contributed by atoms with Crippen molar-refractivity contribution in [1.82, 2.24) is 20.9 Å². The van der Waals surface area contributed by atoms with Crippen LogP contribution in [0.25, 0.3) is 10.9 Å². The number of carboxylic acid groups (broad SMARTS) is 1. The summed E-state index contributed by atoms with van der Waals surface area (Å²) in [4.78, 5) is 51.1. The number of hydrogen-bond acceptors (Lipinski definition) is 6. The summed E-state index contributed by atoms with van der Waals surface area (Å²) in [5.41, 5.74) is 7.21. The zero-order chi connectivity index (χ0) is 23.1. The van der Waals surface area contributed by atoms with E-state index >= 15 is 0 Å². The van der Waals surface area contributed by atoms with Crippen LogP contribution in [0.1, 0.15) is 19.4 Å². The topological polar surface area (TPSA) is 187 Å². The molecule has 8 N–H and O–H groups in total. The van der Waals surface area contributed by atoms with Crippen LogP contribution in [0.5, 0.6) is 0 Å². The van der Waals surface area contributed by atoms with Gasteiger partial charge in [0, 0.05) is 23.5 Å². The fourth-order valence-corrected chi connectivity index (χ4v) is 2.96. The summed E-state index contributed by atoms with van der Waals surface area (Å²) in [6, 6.07) is 4.05. The average molecular weight is 433 g/mol. The molecule has 0 radical (unpaired) electrons. The molecule has 2 aromatic rings. The van der Waals surface area contributed by atoms with Crippen LogP contribution in [0, 0.1) is 0 Å². The summed E-state index contributed by atoms with van der Waals surface area (Å²) in [6.45, 7) is 2.08. The normalized spacial score (nSPS) is 14.8. The summed E-state index contributed by atoms with van der Waals surface area (Å²) < 4.78 is 0. The van der Waals surface area contributed by atoms with Crippen molar-refractivity contribution in [2.45, 2.75) is 44.5 Å². The number of nitrogens with two attached hydrogens (primary N) is 1. The number of aromatic amines is 1. The van der Waals surface area contributed by atoms with E-state index in [1.165, 1.54) is 13.8 Å². The molecule has 4 atom stereocenters. The predicted molar refractivity (Wildman–Crippen MR) is 112 cm³/mol. The number of H-pyrrole nitrogens is 1. The molecule has 0 spiro atoms. The Morgan fingerprint density at radius 2 is 1.74 bits per heavy atom. The maximum absolute atomic E-state index is 12.9. The van der Waals surface area contributed by atoms with Crippen molar-refractivity contribution in [3.8, 4) is 0 Å². The summed E-state index contributed by atoms with van der Waals surface area (Å²) in [5.74, 6) is -3.43. The number of nitrogens with one attached hydrogen (secondary N) is 4. The van der Waals surface area contributed by atoms with E-state index in [2.05, 4.69) is 20.9 Å². The van der Waals surface area contributed by atoms with Crippen molar-refractivity contribution in [2.75, 3.05) is 6.54 Å². The van der Waals surface area contributed by atoms with Crippen molar-refractivity contribution < 1.29 is 29.4 Å². The molecule has 11 heteroatoms. The Labute approximate surface area is 178 Å². The first-order valence-electron chi connectivity index (χ1n) is 9.69. The Bertz CT molecular complexity index is 954. The number of fused-ring (bicyclic) bond motifs is 1. The number of aliphatic carboxylic acids is 1. The minimum absolute atomic E-state index is 0.0948. The monoisotopic (exact) mass is 433 g/mol. The van der Waals surface area contributed by atoms with E-state index in [0.29, 0.717) is 0 Å². The van der Waals surface area contributed by atoms with E-state index in [1.54, 1.807) is 6.20 Å². The highest BCUT2D eigenvalue weighted by Gasteiger charge is 2.30. The number of rotatable bonds is 10. The smallest absolute Gasteiger partial charge is 0.322 e. The quantitative estimate of drug-likeness (QED) is 0.240. The number of benzene rings is 1. The highest BCUT2D eigenvalue weighted by atomic mass is 16.4. The Kier molecular flexibility index (Phi) is 8.11. The van der Waals surface area contributed by atoms with Crippen LogP contribution in [0.15, 0.2) is 30.5 Å². The lowest BCUT2D eigenvalue weighted by Gasteiger charge is -2.25. The molecule has 0 saturated carbocycles. The van der Waals surface area contributed by atoms with Crippen LogP contribution >= 0.6 is 0 Å². The molecule has 0 aliphatic carbocycles. The van der Waals surface area contributed by atoms with Gasteiger partial charge in [0.15, 0.2) is 0 Å². The zero-order valence-corrected chi connectivity index (χ0v) is 17.2. The molecule has 1 aromatic heterocycles. The molecule has 0 bridgehead atoms. The van der Waals surface area contributed by atoms with Crippen LogP contribution in [-0.2, 0) is 25.6 Å². The van der Waals surface area contributed by atoms with Crippen LogP contribution in [0.3, 0.4) is 0 Å². The number of para-hydroxylation sites is 1. The number of hydrogen-bond donors (Lipinski definition) is 7. The summed E-state index contributed by atoms with van der Waals surface area (Å²) in [7, 11) is 0. The van der Waals surface area contributed by atoms with E-state index < -0.39 is 54.5 Å². The summed E-state index contributed by atoms with van der Waals surface area (Å²) >= 11 is 0. The summed E-state index contributed by atoms with van der Waals surface area (Å²) in [6.07, 6.45) is 0.502. The van der Waals surface area contributed by atoms with Crippen molar-refractivity contribution in [3.63, 3.8) is 0 Å². The molecule has 0 fully saturated rings. The van der Waals surface area contributed by atoms with Gasteiger partial charge in [-0.2, -0.15) is 0 Å². The largest absolute Gasteiger partial charge is 0.480 e. The first kappa shape index (κ1) is 23.8. The second kappa shape index (κ2) is 10.5. The minimum atomic E-state index is -1.41. The molecule has 4 unspecified atom stereocenters. The molecule has 31 heavy (non-hydrogen) atoms. The highest BCUT2D eigenvalue weighted by molar-refractivity contribution is 5.94. The van der Waals surface area contributed by atoms with Gasteiger partial charge in [-0.1, -0.05) is 18.2 Å². The number of carboxylic acids is 1. The number of carbonyl (C=O) groups excluding carboxylic acids is 3. The first-order chi connectivity index (χ1) is 14.6. The Hall–Kier alpha value is -3.44. The molecule has 0 aliphatic heterocycles. The van der Waals surface area contributed by atoms with Crippen LogP contribution in [0.2, 0.25) is 0 Å². The third-order valence-electron chi connectivity index (χ3n) is 4.62. The fraction of sp³-hybridized carbons (Fsp3) is 0.400. The van der Waals surface area contributed by atoms with Crippen molar-refractivity contribution in [1.29, 1.82) is 0 Å². The molecule has 1 heterocycles. The maximum atomic E-state index is 12.9. The molecule has 1 aromatic carbocycles. The minimum Gasteiger partial charge on any atom is -0.480 e. The van der Waals surface area contributed by atoms with E-state index in [9.17, 15) is 24.3 Å². The average Bonchev–Trinajstić information content (AvgIpc) is 3.12. The summed E-state index contributed by atoms with van der Waals surface area (Å²) in [5, 5.41) is 26.5. The van der Waals surface area contributed by atoms with Gasteiger partial charge in [0.2, 0.25) is 17.7 Å². The van der Waals surface area contributed by atoms with E-state index in [-0.39, 0.29) is 6.42 Å². The SMILES string of the molecule is CC(N)C(=O)NC(Cc1c[nH]c2ccccc12)C(=O)NC(C(=O)NCC(=O)O)C(C)O. The Morgan fingerprint density at radius 3 is 2.35 bits per heavy atom.